The molecule has 0 unspecified atom stereocenters. The van der Waals surface area contributed by atoms with E-state index in [1.165, 1.54) is 4.90 Å². The standard InChI is InChI=1S/C22H27N3O3/c1-4-22(18-9-7-6-8-10-18)20(26)25(21(27)23-22)16-24(3)15-17-11-13-19(14-12-17)28-5-2/h6-14H,4-5,15-16H2,1-3H3,(H,23,27)/t22-/m1/s1. The molecular formula is C22H27N3O3. The molecule has 1 heterocycles. The lowest BCUT2D eigenvalue weighted by Crippen LogP contribution is -2.44. The van der Waals surface area contributed by atoms with Crippen LogP contribution in [0.5, 0.6) is 5.75 Å². The average molecular weight is 381 g/mol. The van der Waals surface area contributed by atoms with Gasteiger partial charge >= 0.3 is 6.03 Å². The minimum absolute atomic E-state index is 0.204. The second-order valence-corrected chi connectivity index (χ2v) is 7.02. The third kappa shape index (κ3) is 3.87. The van der Waals surface area contributed by atoms with Gasteiger partial charge in [0.1, 0.15) is 11.3 Å². The normalized spacial score (nSPS) is 19.2. The summed E-state index contributed by atoms with van der Waals surface area (Å²) in [5.74, 6) is 0.628. The van der Waals surface area contributed by atoms with E-state index in [-0.39, 0.29) is 18.6 Å². The molecule has 0 aliphatic carbocycles. The fourth-order valence-electron chi connectivity index (χ4n) is 3.58. The van der Waals surface area contributed by atoms with E-state index in [1.54, 1.807) is 0 Å². The molecule has 6 heteroatoms. The fraction of sp³-hybridized carbons (Fsp3) is 0.364. The Hall–Kier alpha value is -2.86. The van der Waals surface area contributed by atoms with Crippen molar-refractivity contribution in [2.45, 2.75) is 32.4 Å². The van der Waals surface area contributed by atoms with Gasteiger partial charge in [-0.1, -0.05) is 49.4 Å². The molecule has 1 saturated heterocycles. The zero-order chi connectivity index (χ0) is 20.1. The van der Waals surface area contributed by atoms with E-state index < -0.39 is 5.54 Å². The smallest absolute Gasteiger partial charge is 0.326 e. The molecule has 1 N–H and O–H groups in total. The number of carbonyl (C=O) groups is 2. The Bertz CT molecular complexity index is 823. The fourth-order valence-corrected chi connectivity index (χ4v) is 3.58. The van der Waals surface area contributed by atoms with E-state index in [0.29, 0.717) is 19.6 Å². The molecule has 1 atom stereocenters. The zero-order valence-corrected chi connectivity index (χ0v) is 16.6. The Labute approximate surface area is 166 Å². The van der Waals surface area contributed by atoms with Gasteiger partial charge in [-0.25, -0.2) is 9.69 Å². The van der Waals surface area contributed by atoms with E-state index in [2.05, 4.69) is 5.32 Å². The summed E-state index contributed by atoms with van der Waals surface area (Å²) in [5, 5.41) is 2.92. The van der Waals surface area contributed by atoms with Crippen LogP contribution in [0.15, 0.2) is 54.6 Å². The first-order valence-electron chi connectivity index (χ1n) is 9.60. The second kappa shape index (κ2) is 8.44. The van der Waals surface area contributed by atoms with Gasteiger partial charge in [-0.2, -0.15) is 0 Å². The third-order valence-electron chi connectivity index (χ3n) is 5.04. The maximum atomic E-state index is 13.2. The first-order valence-corrected chi connectivity index (χ1v) is 9.60. The molecule has 0 spiro atoms. The molecule has 0 bridgehead atoms. The van der Waals surface area contributed by atoms with Crippen LogP contribution in [0.4, 0.5) is 4.79 Å². The molecule has 2 aromatic carbocycles. The number of nitrogens with one attached hydrogen (secondary N) is 1. The van der Waals surface area contributed by atoms with Crippen molar-refractivity contribution in [3.05, 3.63) is 65.7 Å². The van der Waals surface area contributed by atoms with Crippen molar-refractivity contribution in [3.63, 3.8) is 0 Å². The summed E-state index contributed by atoms with van der Waals surface area (Å²) in [4.78, 5) is 29.0. The molecule has 1 fully saturated rings. The van der Waals surface area contributed by atoms with Crippen molar-refractivity contribution in [2.24, 2.45) is 0 Å². The van der Waals surface area contributed by atoms with Gasteiger partial charge in [-0.05, 0) is 43.7 Å². The highest BCUT2D eigenvalue weighted by Gasteiger charge is 2.51. The highest BCUT2D eigenvalue weighted by molar-refractivity contribution is 6.07. The average Bonchev–Trinajstić information content (AvgIpc) is 2.95. The molecule has 1 aliphatic heterocycles. The van der Waals surface area contributed by atoms with Crippen LogP contribution in [0.2, 0.25) is 0 Å². The predicted octanol–water partition coefficient (Wildman–Crippen LogP) is 3.33. The first kappa shape index (κ1) is 19.9. The number of benzene rings is 2. The third-order valence-corrected chi connectivity index (χ3v) is 5.04. The van der Waals surface area contributed by atoms with E-state index in [9.17, 15) is 9.59 Å². The lowest BCUT2D eigenvalue weighted by Gasteiger charge is -2.27. The molecule has 3 rings (SSSR count). The number of imide groups is 1. The summed E-state index contributed by atoms with van der Waals surface area (Å²) >= 11 is 0. The molecule has 28 heavy (non-hydrogen) atoms. The van der Waals surface area contributed by atoms with Crippen LogP contribution in [-0.4, -0.2) is 42.1 Å². The van der Waals surface area contributed by atoms with Crippen molar-refractivity contribution < 1.29 is 14.3 Å². The first-order chi connectivity index (χ1) is 13.5. The lowest BCUT2D eigenvalue weighted by atomic mass is 9.87. The molecule has 3 amide bonds. The van der Waals surface area contributed by atoms with Crippen LogP contribution in [0.3, 0.4) is 0 Å². The number of hydrogen-bond donors (Lipinski definition) is 1. The van der Waals surface area contributed by atoms with E-state index in [0.717, 1.165) is 16.9 Å². The van der Waals surface area contributed by atoms with Gasteiger partial charge in [0.2, 0.25) is 0 Å². The molecule has 148 valence electrons. The summed E-state index contributed by atoms with van der Waals surface area (Å²) in [6.07, 6.45) is 0.501. The molecule has 0 aromatic heterocycles. The minimum Gasteiger partial charge on any atom is -0.494 e. The Balaban J connectivity index is 1.70. The summed E-state index contributed by atoms with van der Waals surface area (Å²) in [6.45, 7) is 5.34. The van der Waals surface area contributed by atoms with Gasteiger partial charge in [0.25, 0.3) is 5.91 Å². The zero-order valence-electron chi connectivity index (χ0n) is 16.6. The maximum Gasteiger partial charge on any atom is 0.326 e. The number of hydrogen-bond acceptors (Lipinski definition) is 4. The summed E-state index contributed by atoms with van der Waals surface area (Å²) in [6, 6.07) is 16.9. The van der Waals surface area contributed by atoms with Gasteiger partial charge < -0.3 is 10.1 Å². The maximum absolute atomic E-state index is 13.2. The number of carbonyl (C=O) groups excluding carboxylic acids is 2. The van der Waals surface area contributed by atoms with Crippen molar-refractivity contribution >= 4 is 11.9 Å². The molecular weight excluding hydrogens is 354 g/mol. The van der Waals surface area contributed by atoms with Crippen LogP contribution in [0.1, 0.15) is 31.4 Å². The second-order valence-electron chi connectivity index (χ2n) is 7.02. The number of urea groups is 1. The van der Waals surface area contributed by atoms with Crippen molar-refractivity contribution in [3.8, 4) is 5.75 Å². The Morgan fingerprint density at radius 3 is 2.32 bits per heavy atom. The van der Waals surface area contributed by atoms with E-state index >= 15 is 0 Å². The van der Waals surface area contributed by atoms with Crippen LogP contribution < -0.4 is 10.1 Å². The van der Waals surface area contributed by atoms with E-state index in [4.69, 9.17) is 4.74 Å². The summed E-state index contributed by atoms with van der Waals surface area (Å²) in [5.41, 5.74) is 0.911. The monoisotopic (exact) mass is 381 g/mol. The Kier molecular flexibility index (Phi) is 5.99. The highest BCUT2D eigenvalue weighted by atomic mass is 16.5. The van der Waals surface area contributed by atoms with Crippen LogP contribution in [0.25, 0.3) is 0 Å². The highest BCUT2D eigenvalue weighted by Crippen LogP contribution is 2.32. The molecule has 1 aliphatic rings. The van der Waals surface area contributed by atoms with Crippen LogP contribution >= 0.6 is 0 Å². The minimum atomic E-state index is -0.988. The van der Waals surface area contributed by atoms with Gasteiger partial charge in [0.05, 0.1) is 13.3 Å². The number of ether oxygens (including phenoxy) is 1. The lowest BCUT2D eigenvalue weighted by molar-refractivity contribution is -0.133. The van der Waals surface area contributed by atoms with Crippen LogP contribution in [0, 0.1) is 0 Å². The largest absolute Gasteiger partial charge is 0.494 e. The molecule has 6 nitrogen and oxygen atoms in total. The van der Waals surface area contributed by atoms with E-state index in [1.807, 2.05) is 80.4 Å². The quantitative estimate of drug-likeness (QED) is 0.713. The van der Waals surface area contributed by atoms with Gasteiger partial charge in [0.15, 0.2) is 0 Å². The van der Waals surface area contributed by atoms with Crippen LogP contribution in [-0.2, 0) is 16.9 Å². The number of rotatable bonds is 8. The number of amides is 3. The number of nitrogens with zero attached hydrogens (tertiary/aromatic N) is 2. The van der Waals surface area contributed by atoms with Crippen molar-refractivity contribution in [1.29, 1.82) is 0 Å². The molecule has 0 saturated carbocycles. The molecule has 0 radical (unpaired) electrons. The predicted molar refractivity (Wildman–Crippen MR) is 108 cm³/mol. The Morgan fingerprint density at radius 1 is 1.04 bits per heavy atom. The topological polar surface area (TPSA) is 61.9 Å². The van der Waals surface area contributed by atoms with Crippen molar-refractivity contribution in [1.82, 2.24) is 15.1 Å². The van der Waals surface area contributed by atoms with Crippen molar-refractivity contribution in [2.75, 3.05) is 20.3 Å². The molecule has 2 aromatic rings. The van der Waals surface area contributed by atoms with Gasteiger partial charge in [-0.3, -0.25) is 9.69 Å². The van der Waals surface area contributed by atoms with Gasteiger partial charge in [0, 0.05) is 6.54 Å². The summed E-state index contributed by atoms with van der Waals surface area (Å²) < 4.78 is 5.46. The Morgan fingerprint density at radius 2 is 1.71 bits per heavy atom. The summed E-state index contributed by atoms with van der Waals surface area (Å²) in [7, 11) is 1.89. The van der Waals surface area contributed by atoms with Gasteiger partial charge in [-0.15, -0.1) is 0 Å². The SMILES string of the molecule is CCOc1ccc(CN(C)CN2C(=O)N[C@](CC)(c3ccccc3)C2=O)cc1.